The summed E-state index contributed by atoms with van der Waals surface area (Å²) in [6.07, 6.45) is 14.7. The number of fused-ring (bicyclic) bond motifs is 1. The largest absolute Gasteiger partial charge is 0.204 e. The molecule has 0 aliphatic heterocycles. The lowest BCUT2D eigenvalue weighted by atomic mass is 9.67. The van der Waals surface area contributed by atoms with Crippen molar-refractivity contribution in [2.24, 2.45) is 29.6 Å². The monoisotopic (exact) mass is 378 g/mol. The number of hydrogen-bond donors (Lipinski definition) is 0. The molecule has 0 bridgehead atoms. The molecule has 3 aliphatic carbocycles. The molecular weight excluding hydrogens is 345 g/mol. The van der Waals surface area contributed by atoms with Crippen molar-refractivity contribution in [3.63, 3.8) is 0 Å². The summed E-state index contributed by atoms with van der Waals surface area (Å²) in [7, 11) is 0. The Bertz CT molecular complexity index is 652. The molecule has 4 rings (SSSR count). The lowest BCUT2D eigenvalue weighted by Crippen LogP contribution is -2.28. The first kappa shape index (κ1) is 19.3. The first-order chi connectivity index (χ1) is 13.1. The van der Waals surface area contributed by atoms with Crippen molar-refractivity contribution in [2.45, 2.75) is 84.0 Å². The second-order valence-corrected chi connectivity index (χ2v) is 9.54. The second-order valence-electron chi connectivity index (χ2n) is 9.54. The van der Waals surface area contributed by atoms with E-state index in [2.05, 4.69) is 6.92 Å². The summed E-state index contributed by atoms with van der Waals surface area (Å²) in [5.74, 6) is 0.457. The van der Waals surface area contributed by atoms with E-state index in [9.17, 15) is 13.2 Å². The Kier molecular flexibility index (Phi) is 5.85. The van der Waals surface area contributed by atoms with Crippen molar-refractivity contribution in [1.29, 1.82) is 0 Å². The van der Waals surface area contributed by atoms with Gasteiger partial charge in [0, 0.05) is 0 Å². The number of benzene rings is 1. The molecule has 0 aromatic heterocycles. The molecule has 0 heterocycles. The van der Waals surface area contributed by atoms with E-state index in [1.807, 2.05) is 0 Å². The van der Waals surface area contributed by atoms with Crippen LogP contribution < -0.4 is 0 Å². The van der Waals surface area contributed by atoms with Gasteiger partial charge in [-0.3, -0.25) is 0 Å². The van der Waals surface area contributed by atoms with Crippen LogP contribution in [0.4, 0.5) is 13.2 Å². The minimum Gasteiger partial charge on any atom is -0.204 e. The SMILES string of the molecule is CCC[C@H]1CC[C@H](C2CCC(C3Cc4cc(F)c(F)c(F)c4C3)CC2)CC1. The van der Waals surface area contributed by atoms with Gasteiger partial charge in [-0.15, -0.1) is 0 Å². The fourth-order valence-electron chi connectivity index (χ4n) is 6.48. The van der Waals surface area contributed by atoms with Gasteiger partial charge in [-0.2, -0.15) is 0 Å². The topological polar surface area (TPSA) is 0 Å². The molecule has 1 aromatic carbocycles. The molecule has 2 saturated carbocycles. The lowest BCUT2D eigenvalue weighted by molar-refractivity contribution is 0.125. The van der Waals surface area contributed by atoms with Crippen LogP contribution in [-0.4, -0.2) is 0 Å². The van der Waals surface area contributed by atoms with E-state index in [1.165, 1.54) is 70.3 Å². The Hall–Kier alpha value is -0.990. The highest BCUT2D eigenvalue weighted by Crippen LogP contribution is 2.46. The van der Waals surface area contributed by atoms with Crippen LogP contribution in [0.3, 0.4) is 0 Å². The normalized spacial score (nSPS) is 33.9. The molecule has 1 atom stereocenters. The Morgan fingerprint density at radius 3 is 1.89 bits per heavy atom. The molecule has 0 nitrogen and oxygen atoms in total. The van der Waals surface area contributed by atoms with E-state index in [0.29, 0.717) is 29.4 Å². The van der Waals surface area contributed by atoms with Gasteiger partial charge in [0.2, 0.25) is 0 Å². The smallest absolute Gasteiger partial charge is 0.194 e. The van der Waals surface area contributed by atoms with E-state index >= 15 is 0 Å². The predicted octanol–water partition coefficient (Wildman–Crippen LogP) is 7.23. The summed E-state index contributed by atoms with van der Waals surface area (Å²) in [6.45, 7) is 2.29. The summed E-state index contributed by atoms with van der Waals surface area (Å²) < 4.78 is 41.1. The lowest BCUT2D eigenvalue weighted by Gasteiger charge is -2.39. The van der Waals surface area contributed by atoms with Crippen LogP contribution in [0, 0.1) is 47.0 Å². The van der Waals surface area contributed by atoms with Crippen LogP contribution in [0.2, 0.25) is 0 Å². The van der Waals surface area contributed by atoms with Crippen LogP contribution in [0.25, 0.3) is 0 Å². The molecule has 1 aromatic rings. The fourth-order valence-corrected chi connectivity index (χ4v) is 6.48. The first-order valence-electron chi connectivity index (χ1n) is 11.2. The quantitative estimate of drug-likeness (QED) is 0.485. The molecule has 150 valence electrons. The third kappa shape index (κ3) is 3.93. The van der Waals surface area contributed by atoms with Crippen molar-refractivity contribution >= 4 is 0 Å². The molecule has 2 fully saturated rings. The summed E-state index contributed by atoms with van der Waals surface area (Å²) in [5, 5.41) is 0. The van der Waals surface area contributed by atoms with Crippen molar-refractivity contribution in [2.75, 3.05) is 0 Å². The maximum atomic E-state index is 14.1. The minimum absolute atomic E-state index is 0.372. The van der Waals surface area contributed by atoms with Gasteiger partial charge in [0.1, 0.15) is 0 Å². The summed E-state index contributed by atoms with van der Waals surface area (Å²) >= 11 is 0. The zero-order valence-electron chi connectivity index (χ0n) is 16.6. The third-order valence-electron chi connectivity index (χ3n) is 8.04. The van der Waals surface area contributed by atoms with Gasteiger partial charge in [-0.05, 0) is 98.1 Å². The van der Waals surface area contributed by atoms with E-state index in [0.717, 1.165) is 24.2 Å². The number of rotatable bonds is 4. The average Bonchev–Trinajstić information content (AvgIpc) is 3.11. The highest BCUT2D eigenvalue weighted by atomic mass is 19.2. The predicted molar refractivity (Wildman–Crippen MR) is 103 cm³/mol. The summed E-state index contributed by atoms with van der Waals surface area (Å²) in [6, 6.07) is 1.23. The Balaban J connectivity index is 1.30. The molecular formula is C24H33F3. The molecule has 0 N–H and O–H groups in total. The Morgan fingerprint density at radius 2 is 1.30 bits per heavy atom. The second kappa shape index (κ2) is 8.17. The van der Waals surface area contributed by atoms with E-state index < -0.39 is 17.5 Å². The van der Waals surface area contributed by atoms with Gasteiger partial charge >= 0.3 is 0 Å². The standard InChI is InChI=1S/C24H33F3/c1-2-3-15-4-6-16(7-5-15)17-8-10-18(11-9-17)19-12-20-14-22(25)24(27)23(26)21(20)13-19/h14-19H,2-13H2,1H3/t15-,16-,17?,18?,19?. The van der Waals surface area contributed by atoms with Crippen LogP contribution in [0.1, 0.15) is 82.3 Å². The summed E-state index contributed by atoms with van der Waals surface area (Å²) in [5.41, 5.74) is 1.14. The third-order valence-corrected chi connectivity index (χ3v) is 8.04. The minimum atomic E-state index is -1.29. The highest BCUT2D eigenvalue weighted by molar-refractivity contribution is 5.35. The maximum Gasteiger partial charge on any atom is 0.194 e. The first-order valence-corrected chi connectivity index (χ1v) is 11.2. The van der Waals surface area contributed by atoms with Crippen LogP contribution in [0.15, 0.2) is 6.07 Å². The zero-order valence-corrected chi connectivity index (χ0v) is 16.6. The highest BCUT2D eigenvalue weighted by Gasteiger charge is 2.37. The zero-order chi connectivity index (χ0) is 19.0. The molecule has 3 heteroatoms. The van der Waals surface area contributed by atoms with Gasteiger partial charge < -0.3 is 0 Å². The molecule has 0 radical (unpaired) electrons. The maximum absolute atomic E-state index is 14.1. The number of hydrogen-bond acceptors (Lipinski definition) is 0. The van der Waals surface area contributed by atoms with Crippen LogP contribution >= 0.6 is 0 Å². The molecule has 27 heavy (non-hydrogen) atoms. The van der Waals surface area contributed by atoms with Crippen LogP contribution in [-0.2, 0) is 12.8 Å². The van der Waals surface area contributed by atoms with E-state index in [1.54, 1.807) is 0 Å². The van der Waals surface area contributed by atoms with Crippen LogP contribution in [0.5, 0.6) is 0 Å². The van der Waals surface area contributed by atoms with E-state index in [-0.39, 0.29) is 0 Å². The van der Waals surface area contributed by atoms with Crippen molar-refractivity contribution in [3.8, 4) is 0 Å². The molecule has 0 amide bonds. The Morgan fingerprint density at radius 1 is 0.741 bits per heavy atom. The molecule has 0 spiro atoms. The molecule has 3 aliphatic rings. The summed E-state index contributed by atoms with van der Waals surface area (Å²) in [4.78, 5) is 0. The molecule has 1 unspecified atom stereocenters. The van der Waals surface area contributed by atoms with Gasteiger partial charge in [-0.25, -0.2) is 13.2 Å². The van der Waals surface area contributed by atoms with Gasteiger partial charge in [-0.1, -0.05) is 32.6 Å². The van der Waals surface area contributed by atoms with Gasteiger partial charge in [0.05, 0.1) is 0 Å². The molecule has 0 saturated heterocycles. The Labute approximate surface area is 161 Å². The van der Waals surface area contributed by atoms with Crippen molar-refractivity contribution in [3.05, 3.63) is 34.6 Å². The van der Waals surface area contributed by atoms with Crippen molar-refractivity contribution in [1.82, 2.24) is 0 Å². The number of halogens is 3. The van der Waals surface area contributed by atoms with Crippen molar-refractivity contribution < 1.29 is 13.2 Å². The van der Waals surface area contributed by atoms with E-state index in [4.69, 9.17) is 0 Å². The van der Waals surface area contributed by atoms with Gasteiger partial charge in [0.25, 0.3) is 0 Å². The average molecular weight is 379 g/mol. The fraction of sp³-hybridized carbons (Fsp3) is 0.750. The van der Waals surface area contributed by atoms with Gasteiger partial charge in [0.15, 0.2) is 17.5 Å².